The Kier molecular flexibility index (Phi) is 2.33. The second kappa shape index (κ2) is 3.65. The molecule has 0 aromatic carbocycles. The van der Waals surface area contributed by atoms with Gasteiger partial charge in [0.2, 0.25) is 0 Å². The Hall–Kier alpha value is -1.97. The summed E-state index contributed by atoms with van der Waals surface area (Å²) >= 11 is 0. The molecule has 78 valence electrons. The van der Waals surface area contributed by atoms with Gasteiger partial charge in [-0.15, -0.1) is 0 Å². The highest BCUT2D eigenvalue weighted by Crippen LogP contribution is 2.26. The van der Waals surface area contributed by atoms with Crippen LogP contribution in [-0.2, 0) is 11.2 Å². The highest BCUT2D eigenvalue weighted by molar-refractivity contribution is 5.71. The molecule has 2 aromatic heterocycles. The average Bonchev–Trinajstić information content (AvgIpc) is 2.72. The third-order valence-electron chi connectivity index (χ3n) is 2.13. The summed E-state index contributed by atoms with van der Waals surface area (Å²) in [5.74, 6) is 0.523. The molecule has 1 N–H and O–H groups in total. The summed E-state index contributed by atoms with van der Waals surface area (Å²) in [5.41, 5.74) is 1.50. The van der Waals surface area contributed by atoms with E-state index in [4.69, 9.17) is 13.9 Å². The van der Waals surface area contributed by atoms with Gasteiger partial charge in [0.1, 0.15) is 11.5 Å². The second-order valence-corrected chi connectivity index (χ2v) is 3.28. The van der Waals surface area contributed by atoms with Gasteiger partial charge in [-0.3, -0.25) is 4.79 Å². The van der Waals surface area contributed by atoms with Gasteiger partial charge in [-0.2, -0.15) is 0 Å². The van der Waals surface area contributed by atoms with Gasteiger partial charge in [-0.1, -0.05) is 0 Å². The summed E-state index contributed by atoms with van der Waals surface area (Å²) in [6.45, 7) is 1.83. The van der Waals surface area contributed by atoms with Crippen molar-refractivity contribution >= 4 is 5.97 Å². The summed E-state index contributed by atoms with van der Waals surface area (Å²) in [6, 6.07) is 3.50. The SMILES string of the molecule is Cc1occc1-c1cc(CC(=O)O)co1. The third kappa shape index (κ3) is 1.93. The maximum atomic E-state index is 10.5. The van der Waals surface area contributed by atoms with Crippen molar-refractivity contribution in [3.63, 3.8) is 0 Å². The molecule has 0 unspecified atom stereocenters. The lowest BCUT2D eigenvalue weighted by Crippen LogP contribution is -1.97. The van der Waals surface area contributed by atoms with Crippen molar-refractivity contribution in [2.45, 2.75) is 13.3 Å². The van der Waals surface area contributed by atoms with Crippen LogP contribution in [0.3, 0.4) is 0 Å². The van der Waals surface area contributed by atoms with Crippen molar-refractivity contribution in [3.8, 4) is 11.3 Å². The van der Waals surface area contributed by atoms with Gasteiger partial charge >= 0.3 is 5.97 Å². The normalized spacial score (nSPS) is 10.5. The van der Waals surface area contributed by atoms with Crippen LogP contribution in [0.15, 0.2) is 33.5 Å². The molecule has 0 aliphatic rings. The van der Waals surface area contributed by atoms with Crippen LogP contribution < -0.4 is 0 Å². The van der Waals surface area contributed by atoms with E-state index < -0.39 is 5.97 Å². The Morgan fingerprint density at radius 1 is 1.47 bits per heavy atom. The standard InChI is InChI=1S/C11H10O4/c1-7-9(2-3-14-7)10-4-8(6-15-10)5-11(12)13/h2-4,6H,5H2,1H3,(H,12,13). The molecule has 0 saturated heterocycles. The maximum Gasteiger partial charge on any atom is 0.307 e. The van der Waals surface area contributed by atoms with Gasteiger partial charge in [0.15, 0.2) is 0 Å². The molecule has 2 rings (SSSR count). The average molecular weight is 206 g/mol. The van der Waals surface area contributed by atoms with Crippen LogP contribution in [-0.4, -0.2) is 11.1 Å². The Labute approximate surface area is 86.1 Å². The van der Waals surface area contributed by atoms with Crippen molar-refractivity contribution < 1.29 is 18.7 Å². The number of rotatable bonds is 3. The van der Waals surface area contributed by atoms with Gasteiger partial charge in [-0.05, 0) is 19.1 Å². The summed E-state index contributed by atoms with van der Waals surface area (Å²) in [6.07, 6.45) is 3.00. The number of carboxylic acids is 1. The number of carbonyl (C=O) groups is 1. The molecule has 0 bridgehead atoms. The maximum absolute atomic E-state index is 10.5. The summed E-state index contributed by atoms with van der Waals surface area (Å²) < 4.78 is 10.4. The van der Waals surface area contributed by atoms with Crippen LogP contribution in [0.5, 0.6) is 0 Å². The molecule has 0 saturated carbocycles. The molecular formula is C11H10O4. The van der Waals surface area contributed by atoms with E-state index in [0.29, 0.717) is 11.3 Å². The molecule has 4 nitrogen and oxygen atoms in total. The largest absolute Gasteiger partial charge is 0.481 e. The molecule has 0 atom stereocenters. The van der Waals surface area contributed by atoms with Gasteiger partial charge in [-0.25, -0.2) is 0 Å². The molecule has 0 aliphatic carbocycles. The topological polar surface area (TPSA) is 63.6 Å². The van der Waals surface area contributed by atoms with Crippen LogP contribution in [0.2, 0.25) is 0 Å². The zero-order valence-electron chi connectivity index (χ0n) is 8.19. The monoisotopic (exact) mass is 206 g/mol. The van der Waals surface area contributed by atoms with Gasteiger partial charge in [0.05, 0.1) is 24.5 Å². The first-order valence-electron chi connectivity index (χ1n) is 4.50. The van der Waals surface area contributed by atoms with Crippen molar-refractivity contribution in [2.75, 3.05) is 0 Å². The molecule has 0 amide bonds. The number of furan rings is 2. The smallest absolute Gasteiger partial charge is 0.307 e. The molecule has 2 aromatic rings. The first-order valence-corrected chi connectivity index (χ1v) is 4.50. The second-order valence-electron chi connectivity index (χ2n) is 3.28. The Bertz CT molecular complexity index is 478. The lowest BCUT2D eigenvalue weighted by molar-refractivity contribution is -0.136. The first-order chi connectivity index (χ1) is 7.16. The van der Waals surface area contributed by atoms with E-state index in [0.717, 1.165) is 11.3 Å². The van der Waals surface area contributed by atoms with E-state index in [-0.39, 0.29) is 6.42 Å². The van der Waals surface area contributed by atoms with E-state index in [1.165, 1.54) is 6.26 Å². The third-order valence-corrected chi connectivity index (χ3v) is 2.13. The summed E-state index contributed by atoms with van der Waals surface area (Å²) in [5, 5.41) is 8.60. The minimum absolute atomic E-state index is 0.0274. The fourth-order valence-corrected chi connectivity index (χ4v) is 1.42. The zero-order valence-corrected chi connectivity index (χ0v) is 8.19. The minimum Gasteiger partial charge on any atom is -0.481 e. The predicted molar refractivity (Wildman–Crippen MR) is 52.5 cm³/mol. The number of aliphatic carboxylic acids is 1. The summed E-state index contributed by atoms with van der Waals surface area (Å²) in [4.78, 5) is 10.5. The van der Waals surface area contributed by atoms with Crippen LogP contribution in [0, 0.1) is 6.92 Å². The number of hydrogen-bond donors (Lipinski definition) is 1. The molecule has 0 spiro atoms. The molecule has 2 heterocycles. The van der Waals surface area contributed by atoms with E-state index in [1.807, 2.05) is 6.92 Å². The molecule has 15 heavy (non-hydrogen) atoms. The fraction of sp³-hybridized carbons (Fsp3) is 0.182. The van der Waals surface area contributed by atoms with E-state index in [1.54, 1.807) is 18.4 Å². The number of carboxylic acid groups (broad SMARTS) is 1. The van der Waals surface area contributed by atoms with Gasteiger partial charge in [0.25, 0.3) is 0 Å². The van der Waals surface area contributed by atoms with E-state index in [9.17, 15) is 4.79 Å². The van der Waals surface area contributed by atoms with Gasteiger partial charge in [0, 0.05) is 5.56 Å². The molecule has 0 radical (unpaired) electrons. The Balaban J connectivity index is 2.28. The van der Waals surface area contributed by atoms with Crippen LogP contribution >= 0.6 is 0 Å². The Morgan fingerprint density at radius 2 is 2.27 bits per heavy atom. The van der Waals surface area contributed by atoms with Crippen molar-refractivity contribution in [3.05, 3.63) is 36.0 Å². The van der Waals surface area contributed by atoms with E-state index in [2.05, 4.69) is 0 Å². The highest BCUT2D eigenvalue weighted by Gasteiger charge is 2.10. The van der Waals surface area contributed by atoms with Crippen molar-refractivity contribution in [1.29, 1.82) is 0 Å². The number of hydrogen-bond acceptors (Lipinski definition) is 3. The quantitative estimate of drug-likeness (QED) is 0.837. The van der Waals surface area contributed by atoms with E-state index >= 15 is 0 Å². The molecule has 4 heteroatoms. The van der Waals surface area contributed by atoms with Crippen LogP contribution in [0.1, 0.15) is 11.3 Å². The van der Waals surface area contributed by atoms with Crippen molar-refractivity contribution in [2.24, 2.45) is 0 Å². The number of aryl methyl sites for hydroxylation is 1. The summed E-state index contributed by atoms with van der Waals surface area (Å²) in [7, 11) is 0. The van der Waals surface area contributed by atoms with Crippen molar-refractivity contribution in [1.82, 2.24) is 0 Å². The first kappa shape index (κ1) is 9.58. The van der Waals surface area contributed by atoms with Crippen LogP contribution in [0.4, 0.5) is 0 Å². The molecule has 0 fully saturated rings. The predicted octanol–water partition coefficient (Wildman–Crippen LogP) is 2.48. The van der Waals surface area contributed by atoms with Crippen LogP contribution in [0.25, 0.3) is 11.3 Å². The van der Waals surface area contributed by atoms with Gasteiger partial charge < -0.3 is 13.9 Å². The molecular weight excluding hydrogens is 196 g/mol. The lowest BCUT2D eigenvalue weighted by atomic mass is 10.1. The highest BCUT2D eigenvalue weighted by atomic mass is 16.4. The Morgan fingerprint density at radius 3 is 2.87 bits per heavy atom. The molecule has 0 aliphatic heterocycles. The lowest BCUT2D eigenvalue weighted by Gasteiger charge is -1.90. The minimum atomic E-state index is -0.869. The fourth-order valence-electron chi connectivity index (χ4n) is 1.42. The zero-order chi connectivity index (χ0) is 10.8.